The van der Waals surface area contributed by atoms with E-state index in [-0.39, 0.29) is 15.7 Å². The maximum Gasteiger partial charge on any atom is 0.336 e. The summed E-state index contributed by atoms with van der Waals surface area (Å²) in [5.74, 6) is -1.78. The fourth-order valence-electron chi connectivity index (χ4n) is 1.77. The fraction of sp³-hybridized carbons (Fsp3) is 0.231. The molecule has 0 amide bonds. The number of halogens is 2. The molecular formula is C13H13BrFN3O2. The van der Waals surface area contributed by atoms with E-state index in [0.29, 0.717) is 13.0 Å². The molecule has 0 aliphatic carbocycles. The molecule has 2 rings (SSSR count). The first-order valence-electron chi connectivity index (χ1n) is 5.92. The molecule has 0 spiro atoms. The minimum absolute atomic E-state index is 0.0483. The van der Waals surface area contributed by atoms with E-state index in [2.05, 4.69) is 26.3 Å². The van der Waals surface area contributed by atoms with Crippen molar-refractivity contribution in [3.05, 3.63) is 45.9 Å². The summed E-state index contributed by atoms with van der Waals surface area (Å²) in [4.78, 5) is 10.9. The van der Waals surface area contributed by atoms with Crippen LogP contribution in [-0.4, -0.2) is 27.4 Å². The summed E-state index contributed by atoms with van der Waals surface area (Å²) in [7, 11) is 1.83. The van der Waals surface area contributed by atoms with Crippen LogP contribution >= 0.6 is 15.9 Å². The van der Waals surface area contributed by atoms with E-state index in [4.69, 9.17) is 5.11 Å². The maximum absolute atomic E-state index is 14.0. The Balaban J connectivity index is 2.03. The summed E-state index contributed by atoms with van der Waals surface area (Å²) in [6, 6.07) is 4.67. The van der Waals surface area contributed by atoms with Crippen molar-refractivity contribution in [3.63, 3.8) is 0 Å². The highest BCUT2D eigenvalue weighted by Crippen LogP contribution is 2.27. The summed E-state index contributed by atoms with van der Waals surface area (Å²) in [6.07, 6.45) is 2.49. The van der Waals surface area contributed by atoms with E-state index >= 15 is 0 Å². The molecule has 0 unspecified atom stereocenters. The average molecular weight is 342 g/mol. The number of nitrogens with one attached hydrogen (secondary N) is 1. The second kappa shape index (κ2) is 6.04. The number of aromatic carboxylic acids is 1. The van der Waals surface area contributed by atoms with Crippen LogP contribution in [0.2, 0.25) is 0 Å². The second-order valence-corrected chi connectivity index (χ2v) is 5.04. The molecule has 0 radical (unpaired) electrons. The van der Waals surface area contributed by atoms with Crippen molar-refractivity contribution in [2.24, 2.45) is 7.05 Å². The van der Waals surface area contributed by atoms with Crippen molar-refractivity contribution < 1.29 is 14.3 Å². The lowest BCUT2D eigenvalue weighted by atomic mass is 10.2. The molecule has 0 aliphatic heterocycles. The first kappa shape index (κ1) is 14.5. The first-order valence-corrected chi connectivity index (χ1v) is 6.72. The van der Waals surface area contributed by atoms with Crippen molar-refractivity contribution in [2.75, 3.05) is 11.9 Å². The molecule has 20 heavy (non-hydrogen) atoms. The van der Waals surface area contributed by atoms with E-state index in [1.165, 1.54) is 12.1 Å². The van der Waals surface area contributed by atoms with Gasteiger partial charge in [0.15, 0.2) is 5.82 Å². The number of carbonyl (C=O) groups is 1. The summed E-state index contributed by atoms with van der Waals surface area (Å²) < 4.78 is 15.6. The van der Waals surface area contributed by atoms with Gasteiger partial charge in [0, 0.05) is 26.2 Å². The molecule has 0 saturated heterocycles. The highest BCUT2D eigenvalue weighted by Gasteiger charge is 2.15. The number of carboxylic acid groups (broad SMARTS) is 1. The van der Waals surface area contributed by atoms with Crippen LogP contribution in [0.25, 0.3) is 0 Å². The number of rotatable bonds is 5. The number of aromatic nitrogens is 2. The number of hydrogen-bond acceptors (Lipinski definition) is 3. The quantitative estimate of drug-likeness (QED) is 0.877. The predicted molar refractivity (Wildman–Crippen MR) is 76.5 cm³/mol. The normalized spacial score (nSPS) is 10.6. The van der Waals surface area contributed by atoms with Gasteiger partial charge in [-0.3, -0.25) is 4.68 Å². The lowest BCUT2D eigenvalue weighted by Crippen LogP contribution is -2.09. The molecule has 7 heteroatoms. The molecule has 1 aromatic heterocycles. The summed E-state index contributed by atoms with van der Waals surface area (Å²) >= 11 is 2.96. The second-order valence-electron chi connectivity index (χ2n) is 4.25. The van der Waals surface area contributed by atoms with Crippen LogP contribution in [0.15, 0.2) is 28.9 Å². The smallest absolute Gasteiger partial charge is 0.336 e. The van der Waals surface area contributed by atoms with Gasteiger partial charge in [0.2, 0.25) is 0 Å². The molecule has 0 bridgehead atoms. The molecule has 0 saturated carbocycles. The lowest BCUT2D eigenvalue weighted by molar-refractivity contribution is 0.0695. The molecule has 0 atom stereocenters. The highest BCUT2D eigenvalue weighted by molar-refractivity contribution is 9.10. The number of nitrogens with zero attached hydrogens (tertiary/aromatic N) is 2. The SMILES string of the molecule is Cn1ccc(CCNc2ccc(C(=O)O)c(Br)c2F)n1. The first-order chi connectivity index (χ1) is 9.49. The van der Waals surface area contributed by atoms with Gasteiger partial charge in [-0.1, -0.05) is 0 Å². The zero-order chi connectivity index (χ0) is 14.7. The Morgan fingerprint density at radius 1 is 1.50 bits per heavy atom. The van der Waals surface area contributed by atoms with Gasteiger partial charge >= 0.3 is 5.97 Å². The average Bonchev–Trinajstić information content (AvgIpc) is 2.80. The number of benzene rings is 1. The largest absolute Gasteiger partial charge is 0.478 e. The van der Waals surface area contributed by atoms with Crippen molar-refractivity contribution in [3.8, 4) is 0 Å². The van der Waals surface area contributed by atoms with Gasteiger partial charge in [-0.2, -0.15) is 5.10 Å². The number of anilines is 1. The Morgan fingerprint density at radius 2 is 2.25 bits per heavy atom. The molecule has 106 valence electrons. The topological polar surface area (TPSA) is 67.2 Å². The molecule has 0 aliphatic rings. The van der Waals surface area contributed by atoms with Crippen LogP contribution in [0.3, 0.4) is 0 Å². The third-order valence-electron chi connectivity index (χ3n) is 2.78. The van der Waals surface area contributed by atoms with Gasteiger partial charge in [0.25, 0.3) is 0 Å². The summed E-state index contributed by atoms with van der Waals surface area (Å²) in [5.41, 5.74) is 1.07. The van der Waals surface area contributed by atoms with E-state index in [9.17, 15) is 9.18 Å². The molecule has 1 aromatic carbocycles. The number of hydrogen-bond donors (Lipinski definition) is 2. The number of aryl methyl sites for hydroxylation is 1. The highest BCUT2D eigenvalue weighted by atomic mass is 79.9. The van der Waals surface area contributed by atoms with Gasteiger partial charge in [-0.25, -0.2) is 9.18 Å². The summed E-state index contributed by atoms with van der Waals surface area (Å²) in [5, 5.41) is 16.0. The van der Waals surface area contributed by atoms with Gasteiger partial charge in [0.05, 0.1) is 21.4 Å². The molecule has 2 N–H and O–H groups in total. The molecular weight excluding hydrogens is 329 g/mol. The Bertz CT molecular complexity index is 643. The minimum Gasteiger partial charge on any atom is -0.478 e. The Hall–Kier alpha value is -1.89. The van der Waals surface area contributed by atoms with E-state index in [1.54, 1.807) is 4.68 Å². The van der Waals surface area contributed by atoms with Crippen LogP contribution in [0.5, 0.6) is 0 Å². The van der Waals surface area contributed by atoms with Crippen molar-refractivity contribution >= 4 is 27.6 Å². The van der Waals surface area contributed by atoms with Crippen molar-refractivity contribution in [1.82, 2.24) is 9.78 Å². The van der Waals surface area contributed by atoms with Crippen molar-refractivity contribution in [2.45, 2.75) is 6.42 Å². The van der Waals surface area contributed by atoms with Gasteiger partial charge < -0.3 is 10.4 Å². The molecule has 1 heterocycles. The molecule has 2 aromatic rings. The fourth-order valence-corrected chi connectivity index (χ4v) is 2.29. The zero-order valence-electron chi connectivity index (χ0n) is 10.7. The lowest BCUT2D eigenvalue weighted by Gasteiger charge is -2.09. The summed E-state index contributed by atoms with van der Waals surface area (Å²) in [6.45, 7) is 0.507. The van der Waals surface area contributed by atoms with Crippen LogP contribution in [0.1, 0.15) is 16.1 Å². The Labute approximate surface area is 123 Å². The Kier molecular flexibility index (Phi) is 4.39. The predicted octanol–water partition coefficient (Wildman–Crippen LogP) is 2.67. The van der Waals surface area contributed by atoms with Crippen LogP contribution in [0.4, 0.5) is 10.1 Å². The van der Waals surface area contributed by atoms with Crippen LogP contribution in [-0.2, 0) is 13.5 Å². The minimum atomic E-state index is -1.17. The molecule has 5 nitrogen and oxygen atoms in total. The third kappa shape index (κ3) is 3.16. The zero-order valence-corrected chi connectivity index (χ0v) is 12.3. The van der Waals surface area contributed by atoms with Crippen LogP contribution in [0, 0.1) is 5.82 Å². The Morgan fingerprint density at radius 3 is 2.85 bits per heavy atom. The van der Waals surface area contributed by atoms with E-state index in [1.807, 2.05) is 19.3 Å². The monoisotopic (exact) mass is 341 g/mol. The van der Waals surface area contributed by atoms with Crippen molar-refractivity contribution in [1.29, 1.82) is 0 Å². The van der Waals surface area contributed by atoms with Gasteiger partial charge in [-0.05, 0) is 34.1 Å². The van der Waals surface area contributed by atoms with Crippen LogP contribution < -0.4 is 5.32 Å². The van der Waals surface area contributed by atoms with E-state index < -0.39 is 11.8 Å². The van der Waals surface area contributed by atoms with E-state index in [0.717, 1.165) is 5.69 Å². The number of carboxylic acids is 1. The van der Waals surface area contributed by atoms with Gasteiger partial charge in [0.1, 0.15) is 0 Å². The van der Waals surface area contributed by atoms with Gasteiger partial charge in [-0.15, -0.1) is 0 Å². The standard InChI is InChI=1S/C13H13BrFN3O2/c1-18-7-5-8(17-18)4-6-16-10-3-2-9(13(19)20)11(14)12(10)15/h2-3,5,7,16H,4,6H2,1H3,(H,19,20). The molecule has 0 fully saturated rings. The third-order valence-corrected chi connectivity index (χ3v) is 3.55. The maximum atomic E-state index is 14.0.